The number of carbonyl (C=O) groups excluding carboxylic acids is 2. The third-order valence-corrected chi connectivity index (χ3v) is 2.95. The van der Waals surface area contributed by atoms with Gasteiger partial charge < -0.3 is 18.8 Å². The fraction of sp³-hybridized carbons (Fsp3) is 0.312. The minimum atomic E-state index is -0.508. The number of nitrogens with zero attached hydrogens (tertiary/aromatic N) is 2. The minimum Gasteiger partial charge on any atom is -0.484 e. The van der Waals surface area contributed by atoms with E-state index in [2.05, 4.69) is 4.98 Å². The lowest BCUT2D eigenvalue weighted by molar-refractivity contribution is -0.143. The van der Waals surface area contributed by atoms with Crippen molar-refractivity contribution in [3.63, 3.8) is 0 Å². The van der Waals surface area contributed by atoms with Crippen molar-refractivity contribution in [1.82, 2.24) is 9.88 Å². The van der Waals surface area contributed by atoms with Crippen LogP contribution in [0.1, 0.15) is 23.3 Å². The van der Waals surface area contributed by atoms with E-state index in [1.165, 1.54) is 36.4 Å². The highest BCUT2D eigenvalue weighted by molar-refractivity contribution is 5.93. The fourth-order valence-corrected chi connectivity index (χ4v) is 1.84. The molecule has 8 heteroatoms. The van der Waals surface area contributed by atoms with Crippen molar-refractivity contribution in [2.24, 2.45) is 0 Å². The number of esters is 1. The van der Waals surface area contributed by atoms with Gasteiger partial charge in [0.15, 0.2) is 12.3 Å². The molecule has 0 N–H and O–H groups in total. The van der Waals surface area contributed by atoms with E-state index in [9.17, 15) is 14.0 Å². The van der Waals surface area contributed by atoms with E-state index in [0.717, 1.165) is 0 Å². The van der Waals surface area contributed by atoms with Crippen LogP contribution in [-0.4, -0.2) is 42.0 Å². The molecule has 0 unspecified atom stereocenters. The van der Waals surface area contributed by atoms with Gasteiger partial charge in [-0.25, -0.2) is 9.37 Å². The normalized spacial score (nSPS) is 10.3. The predicted molar refractivity (Wildman–Crippen MR) is 80.8 cm³/mol. The van der Waals surface area contributed by atoms with Crippen molar-refractivity contribution in [3.05, 3.63) is 47.9 Å². The molecule has 0 radical (unpaired) electrons. The van der Waals surface area contributed by atoms with Crippen molar-refractivity contribution in [3.8, 4) is 5.75 Å². The molecule has 1 aromatic heterocycles. The average Bonchev–Trinajstić information content (AvgIpc) is 3.01. The summed E-state index contributed by atoms with van der Waals surface area (Å²) in [7, 11) is 1.46. The summed E-state index contributed by atoms with van der Waals surface area (Å²) in [5, 5.41) is 0. The van der Waals surface area contributed by atoms with Gasteiger partial charge in [-0.15, -0.1) is 0 Å². The summed E-state index contributed by atoms with van der Waals surface area (Å²) in [5.74, 6) is -0.931. The molecule has 0 saturated carbocycles. The quantitative estimate of drug-likeness (QED) is 0.720. The first-order valence-electron chi connectivity index (χ1n) is 7.23. The molecule has 0 bridgehead atoms. The lowest BCUT2D eigenvalue weighted by atomic mass is 10.3. The number of aromatic nitrogens is 1. The van der Waals surface area contributed by atoms with Crippen LogP contribution in [0.3, 0.4) is 0 Å². The summed E-state index contributed by atoms with van der Waals surface area (Å²) in [6, 6.07) is 5.63. The maximum absolute atomic E-state index is 13.0. The molecule has 0 aliphatic heterocycles. The zero-order valence-electron chi connectivity index (χ0n) is 13.3. The molecule has 0 atom stereocenters. The van der Waals surface area contributed by atoms with Gasteiger partial charge in [-0.3, -0.25) is 9.59 Å². The van der Waals surface area contributed by atoms with Gasteiger partial charge in [0.25, 0.3) is 5.91 Å². The summed E-state index contributed by atoms with van der Waals surface area (Å²) in [5.41, 5.74) is 0.0413. The predicted octanol–water partition coefficient (Wildman–Crippen LogP) is 2.03. The molecule has 0 saturated heterocycles. The number of hydrogen-bond acceptors (Lipinski definition) is 6. The van der Waals surface area contributed by atoms with E-state index in [4.69, 9.17) is 13.9 Å². The number of likely N-dealkylation sites (N-methyl/N-ethyl adjacent to an activating group) is 1. The van der Waals surface area contributed by atoms with E-state index >= 15 is 0 Å². The zero-order valence-corrected chi connectivity index (χ0v) is 13.3. The summed E-state index contributed by atoms with van der Waals surface area (Å²) >= 11 is 0. The fourth-order valence-electron chi connectivity index (χ4n) is 1.84. The SMILES string of the molecule is CCOC(=O)CN(C)C(=O)c1coc(COc2cccc(F)c2)n1. The second-order valence-corrected chi connectivity index (χ2v) is 4.84. The molecule has 7 nitrogen and oxygen atoms in total. The van der Waals surface area contributed by atoms with Crippen LogP contribution in [0, 0.1) is 5.82 Å². The monoisotopic (exact) mass is 336 g/mol. The van der Waals surface area contributed by atoms with Crippen molar-refractivity contribution in [1.29, 1.82) is 0 Å². The molecule has 24 heavy (non-hydrogen) atoms. The van der Waals surface area contributed by atoms with Crippen LogP contribution >= 0.6 is 0 Å². The van der Waals surface area contributed by atoms with Crippen molar-refractivity contribution in [2.75, 3.05) is 20.2 Å². The Morgan fingerprint density at radius 1 is 1.38 bits per heavy atom. The highest BCUT2D eigenvalue weighted by Gasteiger charge is 2.19. The Balaban J connectivity index is 1.92. The Hall–Kier alpha value is -2.90. The first kappa shape index (κ1) is 17.5. The molecule has 2 rings (SSSR count). The second-order valence-electron chi connectivity index (χ2n) is 4.84. The van der Waals surface area contributed by atoms with E-state index in [-0.39, 0.29) is 31.3 Å². The van der Waals surface area contributed by atoms with Gasteiger partial charge in [-0.05, 0) is 19.1 Å². The molecule has 1 amide bonds. The third kappa shape index (κ3) is 4.80. The van der Waals surface area contributed by atoms with Gasteiger partial charge in [-0.1, -0.05) is 6.07 Å². The Bertz CT molecular complexity index is 716. The number of rotatable bonds is 7. The molecule has 0 fully saturated rings. The average molecular weight is 336 g/mol. The molecular formula is C16H17FN2O5. The number of oxazole rings is 1. The van der Waals surface area contributed by atoms with Gasteiger partial charge in [0.05, 0.1) is 6.61 Å². The number of carbonyl (C=O) groups is 2. The van der Waals surface area contributed by atoms with E-state index in [0.29, 0.717) is 5.75 Å². The largest absolute Gasteiger partial charge is 0.484 e. The van der Waals surface area contributed by atoms with Crippen LogP contribution in [0.25, 0.3) is 0 Å². The standard InChI is InChI=1S/C16H17FN2O5/c1-3-22-15(20)8-19(2)16(21)13-9-24-14(18-13)10-23-12-6-4-5-11(17)7-12/h4-7,9H,3,8,10H2,1-2H3. The van der Waals surface area contributed by atoms with Gasteiger partial charge in [-0.2, -0.15) is 0 Å². The Morgan fingerprint density at radius 2 is 2.17 bits per heavy atom. The molecular weight excluding hydrogens is 319 g/mol. The Labute approximate surface area is 138 Å². The number of amides is 1. The summed E-state index contributed by atoms with van der Waals surface area (Å²) in [6.07, 6.45) is 1.17. The summed E-state index contributed by atoms with van der Waals surface area (Å²) in [6.45, 7) is 1.68. The summed E-state index contributed by atoms with van der Waals surface area (Å²) in [4.78, 5) is 28.7. The molecule has 1 heterocycles. The maximum Gasteiger partial charge on any atom is 0.325 e. The van der Waals surface area contributed by atoms with Gasteiger partial charge in [0, 0.05) is 13.1 Å². The molecule has 128 valence electrons. The Morgan fingerprint density at radius 3 is 2.88 bits per heavy atom. The lowest BCUT2D eigenvalue weighted by Crippen LogP contribution is -2.33. The minimum absolute atomic E-state index is 0.0413. The van der Waals surface area contributed by atoms with Crippen LogP contribution in [0.5, 0.6) is 5.75 Å². The van der Waals surface area contributed by atoms with Gasteiger partial charge in [0.1, 0.15) is 24.4 Å². The molecule has 1 aromatic carbocycles. The highest BCUT2D eigenvalue weighted by Crippen LogP contribution is 2.14. The lowest BCUT2D eigenvalue weighted by Gasteiger charge is -2.14. The van der Waals surface area contributed by atoms with Crippen molar-refractivity contribution >= 4 is 11.9 Å². The number of benzene rings is 1. The van der Waals surface area contributed by atoms with Gasteiger partial charge in [0.2, 0.25) is 5.89 Å². The Kier molecular flexibility index (Phi) is 5.89. The smallest absolute Gasteiger partial charge is 0.325 e. The van der Waals surface area contributed by atoms with Gasteiger partial charge >= 0.3 is 5.97 Å². The summed E-state index contributed by atoms with van der Waals surface area (Å²) < 4.78 is 28.3. The maximum atomic E-state index is 13.0. The van der Waals surface area contributed by atoms with Crippen LogP contribution in [0.2, 0.25) is 0 Å². The number of hydrogen-bond donors (Lipinski definition) is 0. The zero-order chi connectivity index (χ0) is 17.5. The molecule has 0 aliphatic rings. The van der Waals surface area contributed by atoms with E-state index < -0.39 is 17.7 Å². The van der Waals surface area contributed by atoms with E-state index in [1.54, 1.807) is 13.0 Å². The van der Waals surface area contributed by atoms with E-state index in [1.807, 2.05) is 0 Å². The van der Waals surface area contributed by atoms with Crippen LogP contribution in [-0.2, 0) is 16.1 Å². The third-order valence-electron chi connectivity index (χ3n) is 2.95. The van der Waals surface area contributed by atoms with Crippen LogP contribution < -0.4 is 4.74 Å². The molecule has 2 aromatic rings. The van der Waals surface area contributed by atoms with Crippen LogP contribution in [0.4, 0.5) is 4.39 Å². The highest BCUT2D eigenvalue weighted by atomic mass is 19.1. The number of halogens is 1. The molecule has 0 spiro atoms. The number of ether oxygens (including phenoxy) is 2. The first-order chi connectivity index (χ1) is 11.5. The van der Waals surface area contributed by atoms with Crippen molar-refractivity contribution in [2.45, 2.75) is 13.5 Å². The van der Waals surface area contributed by atoms with Crippen molar-refractivity contribution < 1.29 is 27.9 Å². The first-order valence-corrected chi connectivity index (χ1v) is 7.23. The van der Waals surface area contributed by atoms with Crippen LogP contribution in [0.15, 0.2) is 34.9 Å². The topological polar surface area (TPSA) is 81.9 Å². The molecule has 0 aliphatic carbocycles. The second kappa shape index (κ2) is 8.09.